The van der Waals surface area contributed by atoms with Crippen LogP contribution in [0, 0.1) is 6.92 Å². The number of nitrogens with zero attached hydrogens (tertiary/aromatic N) is 3. The highest BCUT2D eigenvalue weighted by Gasteiger charge is 2.10. The molecule has 1 N–H and O–H groups in total. The molecule has 4 rings (SSSR count). The zero-order valence-corrected chi connectivity index (χ0v) is 18.7. The van der Waals surface area contributed by atoms with Gasteiger partial charge in [0.15, 0.2) is 0 Å². The number of hydrogen-bond acceptors (Lipinski definition) is 5. The number of rotatable bonds is 5. The van der Waals surface area contributed by atoms with Crippen molar-refractivity contribution in [3.05, 3.63) is 82.9 Å². The highest BCUT2D eigenvalue weighted by molar-refractivity contribution is 9.10. The normalized spacial score (nSPS) is 10.0. The second-order valence-electron chi connectivity index (χ2n) is 6.07. The fourth-order valence-corrected chi connectivity index (χ4v) is 3.20. The maximum Gasteiger partial charge on any atom is 0.141 e. The van der Waals surface area contributed by atoms with Gasteiger partial charge < -0.3 is 10.1 Å². The van der Waals surface area contributed by atoms with Crippen LogP contribution in [0.4, 0.5) is 11.5 Å². The minimum Gasteiger partial charge on any atom is -0.487 e. The van der Waals surface area contributed by atoms with E-state index in [1.54, 1.807) is 12.5 Å². The molecule has 0 aliphatic rings. The summed E-state index contributed by atoms with van der Waals surface area (Å²) in [6, 6.07) is 17.7. The van der Waals surface area contributed by atoms with Crippen molar-refractivity contribution in [3.8, 4) is 5.75 Å². The van der Waals surface area contributed by atoms with Crippen LogP contribution in [0.3, 0.4) is 0 Å². The number of halogens is 3. The van der Waals surface area contributed by atoms with E-state index in [1.807, 2.05) is 61.5 Å². The van der Waals surface area contributed by atoms with Gasteiger partial charge in [0.1, 0.15) is 24.5 Å². The number of para-hydroxylation sites is 1. The Labute approximate surface area is 189 Å². The Bertz CT molecular complexity index is 1090. The second kappa shape index (κ2) is 10.4. The molecular weight excluding hydrogens is 475 g/mol. The maximum atomic E-state index is 5.93. The molecule has 0 saturated heterocycles. The first-order chi connectivity index (χ1) is 13.2. The molecule has 0 amide bonds. The first-order valence-corrected chi connectivity index (χ1v) is 9.29. The number of nitrogens with one attached hydrogen (secondary N) is 1. The van der Waals surface area contributed by atoms with E-state index in [0.29, 0.717) is 6.61 Å². The van der Waals surface area contributed by atoms with E-state index >= 15 is 0 Å². The molecule has 0 unspecified atom stereocenters. The lowest BCUT2D eigenvalue weighted by Crippen LogP contribution is -2.01. The van der Waals surface area contributed by atoms with Crippen LogP contribution in [-0.2, 0) is 6.61 Å². The topological polar surface area (TPSA) is 59.9 Å². The summed E-state index contributed by atoms with van der Waals surface area (Å²) in [4.78, 5) is 13.0. The van der Waals surface area contributed by atoms with Crippen molar-refractivity contribution in [2.45, 2.75) is 13.5 Å². The Morgan fingerprint density at radius 3 is 2.55 bits per heavy atom. The van der Waals surface area contributed by atoms with Crippen LogP contribution in [0.25, 0.3) is 10.9 Å². The van der Waals surface area contributed by atoms with Crippen LogP contribution < -0.4 is 10.1 Å². The fraction of sp³-hybridized carbons (Fsp3) is 0.0952. The molecule has 0 bridgehead atoms. The number of benzene rings is 2. The molecule has 4 aromatic rings. The van der Waals surface area contributed by atoms with Gasteiger partial charge in [-0.15, -0.1) is 24.8 Å². The number of aryl methyl sites for hydroxylation is 1. The monoisotopic (exact) mass is 492 g/mol. The number of pyridine rings is 1. The van der Waals surface area contributed by atoms with Crippen LogP contribution in [0.2, 0.25) is 0 Å². The van der Waals surface area contributed by atoms with E-state index in [1.165, 1.54) is 0 Å². The third-order valence-corrected chi connectivity index (χ3v) is 4.82. The predicted octanol–water partition coefficient (Wildman–Crippen LogP) is 6.26. The van der Waals surface area contributed by atoms with E-state index in [4.69, 9.17) is 4.74 Å². The number of hydrogen-bond donors (Lipinski definition) is 1. The smallest absolute Gasteiger partial charge is 0.141 e. The van der Waals surface area contributed by atoms with Crippen molar-refractivity contribution in [2.75, 3.05) is 5.32 Å². The zero-order chi connectivity index (χ0) is 18.6. The van der Waals surface area contributed by atoms with Gasteiger partial charge in [-0.25, -0.2) is 9.97 Å². The van der Waals surface area contributed by atoms with E-state index in [9.17, 15) is 0 Å². The van der Waals surface area contributed by atoms with E-state index in [-0.39, 0.29) is 24.8 Å². The van der Waals surface area contributed by atoms with Gasteiger partial charge in [0.2, 0.25) is 0 Å². The van der Waals surface area contributed by atoms with Gasteiger partial charge in [-0.2, -0.15) is 0 Å². The Morgan fingerprint density at radius 2 is 1.76 bits per heavy atom. The molecule has 0 aliphatic carbocycles. The lowest BCUT2D eigenvalue weighted by molar-refractivity contribution is 0.299. The number of fused-ring (bicyclic) bond motifs is 1. The number of anilines is 2. The molecule has 150 valence electrons. The second-order valence-corrected chi connectivity index (χ2v) is 6.93. The number of aromatic nitrogens is 3. The van der Waals surface area contributed by atoms with Crippen LogP contribution >= 0.6 is 40.7 Å². The quantitative estimate of drug-likeness (QED) is 0.355. The minimum absolute atomic E-state index is 0. The highest BCUT2D eigenvalue weighted by atomic mass is 79.9. The summed E-state index contributed by atoms with van der Waals surface area (Å²) in [6.07, 6.45) is 3.33. The van der Waals surface area contributed by atoms with Gasteiger partial charge >= 0.3 is 0 Å². The van der Waals surface area contributed by atoms with Crippen molar-refractivity contribution < 1.29 is 4.74 Å². The summed E-state index contributed by atoms with van der Waals surface area (Å²) in [6.45, 7) is 2.45. The molecule has 2 aromatic heterocycles. The van der Waals surface area contributed by atoms with Crippen molar-refractivity contribution in [2.24, 2.45) is 0 Å². The van der Waals surface area contributed by atoms with Crippen molar-refractivity contribution in [1.29, 1.82) is 0 Å². The van der Waals surface area contributed by atoms with Crippen LogP contribution in [0.15, 0.2) is 71.6 Å². The summed E-state index contributed by atoms with van der Waals surface area (Å²) in [5.74, 6) is 1.58. The molecule has 2 aromatic carbocycles. The maximum absolute atomic E-state index is 5.93. The molecule has 2 heterocycles. The molecule has 8 heteroatoms. The van der Waals surface area contributed by atoms with E-state index < -0.39 is 0 Å². The molecule has 0 atom stereocenters. The van der Waals surface area contributed by atoms with Gasteiger partial charge in [0.25, 0.3) is 0 Å². The summed E-state index contributed by atoms with van der Waals surface area (Å²) >= 11 is 3.63. The molecule has 0 radical (unpaired) electrons. The Hall–Kier alpha value is -2.41. The van der Waals surface area contributed by atoms with Crippen molar-refractivity contribution in [1.82, 2.24) is 15.0 Å². The SMILES string of the molecule is Cc1cc(Nc2ncnc3ccccc23)c(Br)cc1OCc1ccccn1.Cl.Cl. The van der Waals surface area contributed by atoms with Gasteiger partial charge in [-0.3, -0.25) is 4.98 Å². The molecule has 29 heavy (non-hydrogen) atoms. The average Bonchev–Trinajstić information content (AvgIpc) is 2.70. The first kappa shape index (κ1) is 22.9. The fourth-order valence-electron chi connectivity index (χ4n) is 2.78. The van der Waals surface area contributed by atoms with E-state index in [0.717, 1.165) is 43.9 Å². The lowest BCUT2D eigenvalue weighted by atomic mass is 10.2. The Kier molecular flexibility index (Phi) is 8.20. The predicted molar refractivity (Wildman–Crippen MR) is 125 cm³/mol. The summed E-state index contributed by atoms with van der Waals surface area (Å²) in [7, 11) is 0. The first-order valence-electron chi connectivity index (χ1n) is 8.50. The summed E-state index contributed by atoms with van der Waals surface area (Å²) in [5.41, 5.74) is 3.73. The van der Waals surface area contributed by atoms with Crippen LogP contribution in [0.1, 0.15) is 11.3 Å². The van der Waals surface area contributed by atoms with Gasteiger partial charge in [0, 0.05) is 16.1 Å². The minimum atomic E-state index is 0. The third-order valence-electron chi connectivity index (χ3n) is 4.16. The Morgan fingerprint density at radius 1 is 0.966 bits per heavy atom. The molecule has 5 nitrogen and oxygen atoms in total. The summed E-state index contributed by atoms with van der Waals surface area (Å²) < 4.78 is 6.83. The molecule has 0 fully saturated rings. The highest BCUT2D eigenvalue weighted by Crippen LogP contribution is 2.34. The molecular formula is C21H19BrCl2N4O. The van der Waals surface area contributed by atoms with Crippen molar-refractivity contribution in [3.63, 3.8) is 0 Å². The van der Waals surface area contributed by atoms with E-state index in [2.05, 4.69) is 36.2 Å². The molecule has 0 spiro atoms. The lowest BCUT2D eigenvalue weighted by Gasteiger charge is -2.14. The van der Waals surface area contributed by atoms with Gasteiger partial charge in [-0.1, -0.05) is 18.2 Å². The zero-order valence-electron chi connectivity index (χ0n) is 15.5. The van der Waals surface area contributed by atoms with Gasteiger partial charge in [0.05, 0.1) is 16.9 Å². The Balaban J connectivity index is 0.00000150. The van der Waals surface area contributed by atoms with Gasteiger partial charge in [-0.05, 0) is 64.8 Å². The average molecular weight is 494 g/mol. The largest absolute Gasteiger partial charge is 0.487 e. The van der Waals surface area contributed by atoms with Crippen LogP contribution in [-0.4, -0.2) is 15.0 Å². The summed E-state index contributed by atoms with van der Waals surface area (Å²) in [5, 5.41) is 4.36. The number of ether oxygens (including phenoxy) is 1. The standard InChI is InChI=1S/C21H17BrN4O.2ClH/c1-14-10-19(26-21-16-7-2-3-8-18(16)24-13-25-21)17(22)11-20(14)27-12-15-6-4-5-9-23-15;;/h2-11,13H,12H2,1H3,(H,24,25,26);2*1H. The van der Waals surface area contributed by atoms with Crippen LogP contribution in [0.5, 0.6) is 5.75 Å². The molecule has 0 saturated carbocycles. The van der Waals surface area contributed by atoms with Crippen molar-refractivity contribution >= 4 is 63.2 Å². The molecule has 0 aliphatic heterocycles. The third kappa shape index (κ3) is 5.35.